The number of hydrogen-bond acceptors (Lipinski definition) is 2. The number of piperidine rings is 1. The molecule has 120 valence electrons. The summed E-state index contributed by atoms with van der Waals surface area (Å²) in [5, 5.41) is 3.32. The van der Waals surface area contributed by atoms with Crippen molar-refractivity contribution in [3.63, 3.8) is 0 Å². The predicted octanol–water partition coefficient (Wildman–Crippen LogP) is 2.68. The van der Waals surface area contributed by atoms with E-state index < -0.39 is 12.1 Å². The first-order valence-electron chi connectivity index (χ1n) is 7.66. The lowest BCUT2D eigenvalue weighted by atomic mass is 9.90. The van der Waals surface area contributed by atoms with Crippen LogP contribution in [-0.2, 0) is 17.6 Å². The van der Waals surface area contributed by atoms with Crippen LogP contribution in [0.25, 0.3) is 0 Å². The van der Waals surface area contributed by atoms with Crippen LogP contribution in [0.5, 0.6) is 0 Å². The van der Waals surface area contributed by atoms with Gasteiger partial charge in [-0.2, -0.15) is 13.2 Å². The number of fused-ring (bicyclic) bond motifs is 1. The van der Waals surface area contributed by atoms with Gasteiger partial charge < -0.3 is 10.2 Å². The minimum Gasteiger partial charge on any atom is -0.317 e. The summed E-state index contributed by atoms with van der Waals surface area (Å²) in [6.45, 7) is 2.18. The third-order valence-electron chi connectivity index (χ3n) is 4.51. The molecule has 3 nitrogen and oxygen atoms in total. The molecule has 1 aromatic rings. The molecule has 2 aliphatic rings. The molecule has 1 saturated heterocycles. The van der Waals surface area contributed by atoms with Crippen molar-refractivity contribution >= 4 is 11.6 Å². The lowest BCUT2D eigenvalue weighted by molar-refractivity contribution is -0.170. The summed E-state index contributed by atoms with van der Waals surface area (Å²) >= 11 is 0. The molecule has 0 saturated carbocycles. The average molecular weight is 312 g/mol. The van der Waals surface area contributed by atoms with E-state index in [9.17, 15) is 18.0 Å². The number of nitrogens with zero attached hydrogens (tertiary/aromatic N) is 1. The number of hydrogen-bond donors (Lipinski definition) is 1. The van der Waals surface area contributed by atoms with Gasteiger partial charge in [-0.05, 0) is 61.9 Å². The number of amides is 1. The van der Waals surface area contributed by atoms with E-state index >= 15 is 0 Å². The van der Waals surface area contributed by atoms with Gasteiger partial charge in [-0.3, -0.25) is 4.79 Å². The zero-order valence-corrected chi connectivity index (χ0v) is 12.2. The van der Waals surface area contributed by atoms with E-state index in [1.165, 1.54) is 0 Å². The van der Waals surface area contributed by atoms with Crippen molar-refractivity contribution in [3.8, 4) is 0 Å². The molecule has 0 atom stereocenters. The zero-order valence-electron chi connectivity index (χ0n) is 12.2. The number of carbonyl (C=O) groups excluding carboxylic acids is 1. The van der Waals surface area contributed by atoms with E-state index in [4.69, 9.17) is 0 Å². The zero-order chi connectivity index (χ0) is 15.7. The highest BCUT2D eigenvalue weighted by atomic mass is 19.4. The Morgan fingerprint density at radius 2 is 2.00 bits per heavy atom. The highest BCUT2D eigenvalue weighted by Gasteiger charge is 2.44. The maximum absolute atomic E-state index is 12.6. The van der Waals surface area contributed by atoms with E-state index in [1.54, 1.807) is 6.07 Å². The monoisotopic (exact) mass is 312 g/mol. The van der Waals surface area contributed by atoms with Crippen LogP contribution < -0.4 is 10.2 Å². The Kier molecular flexibility index (Phi) is 4.12. The molecule has 6 heteroatoms. The van der Waals surface area contributed by atoms with E-state index in [1.807, 2.05) is 12.1 Å². The molecule has 1 amide bonds. The minimum atomic E-state index is -4.81. The van der Waals surface area contributed by atoms with Crippen LogP contribution in [0.2, 0.25) is 0 Å². The summed E-state index contributed by atoms with van der Waals surface area (Å²) in [5.41, 5.74) is 2.42. The Balaban J connectivity index is 1.74. The van der Waals surface area contributed by atoms with E-state index in [2.05, 4.69) is 5.32 Å². The van der Waals surface area contributed by atoms with Crippen LogP contribution in [0.4, 0.5) is 18.9 Å². The molecule has 0 unspecified atom stereocenters. The van der Waals surface area contributed by atoms with E-state index in [-0.39, 0.29) is 6.54 Å². The highest BCUT2D eigenvalue weighted by Crippen LogP contribution is 2.33. The Bertz CT molecular complexity index is 565. The molecule has 0 spiro atoms. The fourth-order valence-electron chi connectivity index (χ4n) is 3.37. The molecular formula is C16H19F3N2O. The van der Waals surface area contributed by atoms with Gasteiger partial charge >= 0.3 is 12.1 Å². The standard InChI is InChI=1S/C16H19F3N2O/c17-16(18,19)15(22)21-8-5-13-10-12(1-2-14(13)21)9-11-3-6-20-7-4-11/h1-2,10-11,20H,3-9H2. The number of rotatable bonds is 2. The first-order valence-corrected chi connectivity index (χ1v) is 7.66. The van der Waals surface area contributed by atoms with Crippen LogP contribution in [0.1, 0.15) is 24.0 Å². The molecule has 0 aliphatic carbocycles. The van der Waals surface area contributed by atoms with Crippen molar-refractivity contribution in [3.05, 3.63) is 29.3 Å². The van der Waals surface area contributed by atoms with E-state index in [0.29, 0.717) is 18.0 Å². The molecule has 1 N–H and O–H groups in total. The molecule has 2 aliphatic heterocycles. The normalized spacial score (nSPS) is 19.3. The van der Waals surface area contributed by atoms with Crippen molar-refractivity contribution < 1.29 is 18.0 Å². The van der Waals surface area contributed by atoms with Gasteiger partial charge in [0, 0.05) is 12.2 Å². The van der Waals surface area contributed by atoms with Crippen LogP contribution in [0.15, 0.2) is 18.2 Å². The fourth-order valence-corrected chi connectivity index (χ4v) is 3.37. The first kappa shape index (κ1) is 15.3. The van der Waals surface area contributed by atoms with Gasteiger partial charge in [-0.1, -0.05) is 12.1 Å². The number of anilines is 1. The maximum Gasteiger partial charge on any atom is 0.471 e. The quantitative estimate of drug-likeness (QED) is 0.910. The average Bonchev–Trinajstić information content (AvgIpc) is 2.89. The smallest absolute Gasteiger partial charge is 0.317 e. The topological polar surface area (TPSA) is 32.3 Å². The van der Waals surface area contributed by atoms with Crippen LogP contribution in [-0.4, -0.2) is 31.7 Å². The molecule has 2 heterocycles. The Morgan fingerprint density at radius 3 is 2.68 bits per heavy atom. The summed E-state index contributed by atoms with van der Waals surface area (Å²) in [6, 6.07) is 5.51. The second-order valence-corrected chi connectivity index (χ2v) is 6.07. The molecular weight excluding hydrogens is 293 g/mol. The fraction of sp³-hybridized carbons (Fsp3) is 0.562. The van der Waals surface area contributed by atoms with Crippen molar-refractivity contribution in [2.45, 2.75) is 31.9 Å². The molecule has 3 rings (SSSR count). The molecule has 22 heavy (non-hydrogen) atoms. The summed E-state index contributed by atoms with van der Waals surface area (Å²) in [6.07, 6.45) is -1.08. The number of carbonyl (C=O) groups is 1. The molecule has 1 aromatic carbocycles. The Labute approximate surface area is 127 Å². The second-order valence-electron chi connectivity index (χ2n) is 6.07. The van der Waals surface area contributed by atoms with Gasteiger partial charge in [0.25, 0.3) is 0 Å². The van der Waals surface area contributed by atoms with Crippen molar-refractivity contribution in [1.29, 1.82) is 0 Å². The van der Waals surface area contributed by atoms with Gasteiger partial charge in [0.1, 0.15) is 0 Å². The van der Waals surface area contributed by atoms with Crippen LogP contribution >= 0.6 is 0 Å². The third kappa shape index (κ3) is 3.11. The number of nitrogens with one attached hydrogen (secondary N) is 1. The van der Waals surface area contributed by atoms with Crippen molar-refractivity contribution in [2.75, 3.05) is 24.5 Å². The van der Waals surface area contributed by atoms with Gasteiger partial charge in [0.05, 0.1) is 0 Å². The lowest BCUT2D eigenvalue weighted by Crippen LogP contribution is -2.40. The Hall–Kier alpha value is -1.56. The predicted molar refractivity (Wildman–Crippen MR) is 77.9 cm³/mol. The van der Waals surface area contributed by atoms with Gasteiger partial charge in [-0.15, -0.1) is 0 Å². The minimum absolute atomic E-state index is 0.116. The molecule has 0 bridgehead atoms. The van der Waals surface area contributed by atoms with Gasteiger partial charge in [0.15, 0.2) is 0 Å². The molecule has 0 aromatic heterocycles. The third-order valence-corrected chi connectivity index (χ3v) is 4.51. The number of benzene rings is 1. The molecule has 1 fully saturated rings. The van der Waals surface area contributed by atoms with Crippen molar-refractivity contribution in [2.24, 2.45) is 5.92 Å². The summed E-state index contributed by atoms with van der Waals surface area (Å²) < 4.78 is 37.8. The largest absolute Gasteiger partial charge is 0.471 e. The number of alkyl halides is 3. The van der Waals surface area contributed by atoms with Crippen LogP contribution in [0, 0.1) is 5.92 Å². The van der Waals surface area contributed by atoms with Gasteiger partial charge in [-0.25, -0.2) is 0 Å². The summed E-state index contributed by atoms with van der Waals surface area (Å²) in [5.74, 6) is -1.13. The SMILES string of the molecule is O=C(N1CCc2cc(CC3CCNCC3)ccc21)C(F)(F)F. The van der Waals surface area contributed by atoms with Crippen molar-refractivity contribution in [1.82, 2.24) is 5.32 Å². The highest BCUT2D eigenvalue weighted by molar-refractivity contribution is 5.99. The summed E-state index contributed by atoms with van der Waals surface area (Å²) in [7, 11) is 0. The summed E-state index contributed by atoms with van der Waals surface area (Å²) in [4.78, 5) is 12.3. The second kappa shape index (κ2) is 5.91. The molecule has 0 radical (unpaired) electrons. The van der Waals surface area contributed by atoms with E-state index in [0.717, 1.165) is 48.4 Å². The number of halogens is 3. The lowest BCUT2D eigenvalue weighted by Gasteiger charge is -2.23. The first-order chi connectivity index (χ1) is 10.4. The maximum atomic E-state index is 12.6. The van der Waals surface area contributed by atoms with Crippen LogP contribution in [0.3, 0.4) is 0 Å². The van der Waals surface area contributed by atoms with Gasteiger partial charge in [0.2, 0.25) is 0 Å². The Morgan fingerprint density at radius 1 is 1.27 bits per heavy atom.